The van der Waals surface area contributed by atoms with Crippen LogP contribution >= 0.6 is 0 Å². The van der Waals surface area contributed by atoms with E-state index in [2.05, 4.69) is 0 Å². The summed E-state index contributed by atoms with van der Waals surface area (Å²) in [5.74, 6) is 0.230. The minimum atomic E-state index is -1.28. The molecule has 1 aromatic rings. The topological polar surface area (TPSA) is 99.4 Å². The summed E-state index contributed by atoms with van der Waals surface area (Å²) in [7, 11) is 0. The molecule has 0 amide bonds. The van der Waals surface area contributed by atoms with Crippen molar-refractivity contribution in [2.75, 3.05) is 0 Å². The smallest absolute Gasteiger partial charge is 0.186 e. The fourth-order valence-corrected chi connectivity index (χ4v) is 2.46. The fraction of sp³-hybridized carbons (Fsp3) is 0.625. The number of aryl methyl sites for hydroxylation is 1. The molecule has 0 unspecified atom stereocenters. The average Bonchev–Trinajstić information content (AvgIpc) is 2.50. The van der Waals surface area contributed by atoms with Crippen LogP contribution in [0.25, 0.3) is 0 Å². The van der Waals surface area contributed by atoms with E-state index in [1.807, 2.05) is 19.1 Å². The fourth-order valence-electron chi connectivity index (χ4n) is 2.46. The molecule has 22 heavy (non-hydrogen) atoms. The van der Waals surface area contributed by atoms with Crippen LogP contribution < -0.4 is 0 Å². The Labute approximate surface area is 129 Å². The quantitative estimate of drug-likeness (QED) is 0.634. The molecule has 1 heterocycles. The van der Waals surface area contributed by atoms with Gasteiger partial charge in [-0.25, -0.2) is 0 Å². The molecule has 6 nitrogen and oxygen atoms in total. The Morgan fingerprint density at radius 3 is 2.36 bits per heavy atom. The zero-order valence-electron chi connectivity index (χ0n) is 12.8. The van der Waals surface area contributed by atoms with Gasteiger partial charge in [-0.15, -0.1) is 0 Å². The Hall–Kier alpha value is -1.18. The van der Waals surface area contributed by atoms with Crippen molar-refractivity contribution in [1.29, 1.82) is 0 Å². The highest BCUT2D eigenvalue weighted by molar-refractivity contribution is 5.25. The molecular formula is C16H24O6. The number of phenolic OH excluding ortho intramolecular Hbond substituents is 1. The van der Waals surface area contributed by atoms with E-state index < -0.39 is 30.7 Å². The monoisotopic (exact) mass is 312 g/mol. The lowest BCUT2D eigenvalue weighted by Gasteiger charge is -2.39. The third-order valence-electron chi connectivity index (χ3n) is 3.95. The second-order valence-electron chi connectivity index (χ2n) is 5.83. The molecular weight excluding hydrogens is 288 g/mol. The minimum absolute atomic E-state index is 0.192. The van der Waals surface area contributed by atoms with Gasteiger partial charge in [-0.2, -0.15) is 0 Å². The highest BCUT2D eigenvalue weighted by atomic mass is 16.7. The summed E-state index contributed by atoms with van der Waals surface area (Å²) in [4.78, 5) is 0. The van der Waals surface area contributed by atoms with Crippen molar-refractivity contribution in [3.05, 3.63) is 29.8 Å². The van der Waals surface area contributed by atoms with Gasteiger partial charge in [0, 0.05) is 0 Å². The van der Waals surface area contributed by atoms with Gasteiger partial charge in [-0.3, -0.25) is 0 Å². The summed E-state index contributed by atoms with van der Waals surface area (Å²) >= 11 is 0. The molecule has 1 fully saturated rings. The predicted molar refractivity (Wildman–Crippen MR) is 79.3 cm³/mol. The first-order valence-corrected chi connectivity index (χ1v) is 7.51. The van der Waals surface area contributed by atoms with E-state index in [1.54, 1.807) is 19.1 Å². The van der Waals surface area contributed by atoms with Crippen LogP contribution in [0.2, 0.25) is 0 Å². The Morgan fingerprint density at radius 2 is 1.73 bits per heavy atom. The van der Waals surface area contributed by atoms with Crippen LogP contribution in [0.15, 0.2) is 24.3 Å². The molecule has 1 saturated heterocycles. The maximum atomic E-state index is 9.90. The van der Waals surface area contributed by atoms with Crippen LogP contribution in [0.4, 0.5) is 0 Å². The molecule has 0 spiro atoms. The summed E-state index contributed by atoms with van der Waals surface area (Å²) in [5.41, 5.74) is 1.07. The Balaban J connectivity index is 1.83. The van der Waals surface area contributed by atoms with E-state index in [0.717, 1.165) is 12.0 Å². The van der Waals surface area contributed by atoms with Gasteiger partial charge in [0.05, 0.1) is 12.2 Å². The second kappa shape index (κ2) is 7.39. The van der Waals surface area contributed by atoms with Crippen molar-refractivity contribution in [2.24, 2.45) is 0 Å². The molecule has 1 aliphatic heterocycles. The van der Waals surface area contributed by atoms with E-state index in [9.17, 15) is 20.4 Å². The van der Waals surface area contributed by atoms with Crippen LogP contribution in [-0.4, -0.2) is 57.2 Å². The van der Waals surface area contributed by atoms with Crippen molar-refractivity contribution in [3.8, 4) is 5.75 Å². The molecule has 0 aromatic heterocycles. The predicted octanol–water partition coefficient (Wildman–Crippen LogP) is 0.557. The molecule has 4 N–H and O–H groups in total. The van der Waals surface area contributed by atoms with Gasteiger partial charge in [-0.05, 0) is 44.4 Å². The Kier molecular flexibility index (Phi) is 5.77. The summed E-state index contributed by atoms with van der Waals surface area (Å²) in [5, 5.41) is 38.5. The van der Waals surface area contributed by atoms with E-state index >= 15 is 0 Å². The molecule has 0 aliphatic carbocycles. The number of hydrogen-bond acceptors (Lipinski definition) is 6. The van der Waals surface area contributed by atoms with Crippen molar-refractivity contribution in [3.63, 3.8) is 0 Å². The number of hydrogen-bond donors (Lipinski definition) is 4. The Bertz CT molecular complexity index is 462. The second-order valence-corrected chi connectivity index (χ2v) is 5.83. The summed E-state index contributed by atoms with van der Waals surface area (Å²) in [6.45, 7) is 3.48. The Morgan fingerprint density at radius 1 is 1.09 bits per heavy atom. The van der Waals surface area contributed by atoms with Crippen molar-refractivity contribution < 1.29 is 29.9 Å². The summed E-state index contributed by atoms with van der Waals surface area (Å²) < 4.78 is 11.0. The van der Waals surface area contributed by atoms with Crippen LogP contribution in [0.5, 0.6) is 5.75 Å². The maximum absolute atomic E-state index is 9.90. The van der Waals surface area contributed by atoms with Crippen molar-refractivity contribution in [1.82, 2.24) is 0 Å². The standard InChI is InChI=1S/C16H24O6/c1-9(3-4-11-5-7-12(17)8-6-11)21-16-15(20)14(19)13(18)10(2)22-16/h5-10,13-20H,3-4H2,1-2H3/t9-,10-,13-,14+,15+,16+/m0/s1. The molecule has 6 heteroatoms. The van der Waals surface area contributed by atoms with Gasteiger partial charge in [0.15, 0.2) is 6.29 Å². The third kappa shape index (κ3) is 4.18. The SMILES string of the molecule is C[C@@H]1O[C@@H](O[C@@H](C)CCc2ccc(O)cc2)[C@H](O)[C@H](O)[C@H]1O. The molecule has 0 bridgehead atoms. The highest BCUT2D eigenvalue weighted by Gasteiger charge is 2.42. The molecule has 1 aliphatic rings. The number of aliphatic hydroxyl groups is 3. The van der Waals surface area contributed by atoms with Crippen LogP contribution in [0.3, 0.4) is 0 Å². The van der Waals surface area contributed by atoms with Gasteiger partial charge in [-0.1, -0.05) is 12.1 Å². The zero-order chi connectivity index (χ0) is 16.3. The normalized spacial score (nSPS) is 33.6. The first kappa shape index (κ1) is 17.2. The van der Waals surface area contributed by atoms with Gasteiger partial charge >= 0.3 is 0 Å². The van der Waals surface area contributed by atoms with E-state index in [0.29, 0.717) is 6.42 Å². The molecule has 6 atom stereocenters. The molecule has 124 valence electrons. The number of rotatable bonds is 5. The lowest BCUT2D eigenvalue weighted by molar-refractivity contribution is -0.302. The van der Waals surface area contributed by atoms with Gasteiger partial charge in [0.2, 0.25) is 0 Å². The zero-order valence-corrected chi connectivity index (χ0v) is 12.8. The number of ether oxygens (including phenoxy) is 2. The maximum Gasteiger partial charge on any atom is 0.186 e. The van der Waals surface area contributed by atoms with Crippen LogP contribution in [0.1, 0.15) is 25.8 Å². The molecule has 1 aromatic carbocycles. The molecule has 0 radical (unpaired) electrons. The summed E-state index contributed by atoms with van der Waals surface area (Å²) in [6, 6.07) is 6.95. The van der Waals surface area contributed by atoms with E-state index in [-0.39, 0.29) is 11.9 Å². The number of benzene rings is 1. The largest absolute Gasteiger partial charge is 0.508 e. The van der Waals surface area contributed by atoms with E-state index in [1.165, 1.54) is 0 Å². The van der Waals surface area contributed by atoms with Crippen LogP contribution in [-0.2, 0) is 15.9 Å². The first-order chi connectivity index (χ1) is 10.4. The summed E-state index contributed by atoms with van der Waals surface area (Å²) in [6.07, 6.45) is -3.98. The minimum Gasteiger partial charge on any atom is -0.508 e. The van der Waals surface area contributed by atoms with E-state index in [4.69, 9.17) is 9.47 Å². The molecule has 0 saturated carbocycles. The molecule has 2 rings (SSSR count). The average molecular weight is 312 g/mol. The lowest BCUT2D eigenvalue weighted by Crippen LogP contribution is -2.57. The van der Waals surface area contributed by atoms with Gasteiger partial charge in [0.1, 0.15) is 24.1 Å². The number of aromatic hydroxyl groups is 1. The van der Waals surface area contributed by atoms with Crippen molar-refractivity contribution in [2.45, 2.75) is 63.5 Å². The third-order valence-corrected chi connectivity index (χ3v) is 3.95. The highest BCUT2D eigenvalue weighted by Crippen LogP contribution is 2.23. The first-order valence-electron chi connectivity index (χ1n) is 7.51. The number of phenols is 1. The van der Waals surface area contributed by atoms with Crippen LogP contribution in [0, 0.1) is 0 Å². The number of aliphatic hydroxyl groups excluding tert-OH is 3. The van der Waals surface area contributed by atoms with Crippen molar-refractivity contribution >= 4 is 0 Å². The van der Waals surface area contributed by atoms with Gasteiger partial charge in [0.25, 0.3) is 0 Å². The lowest BCUT2D eigenvalue weighted by atomic mass is 10.00. The van der Waals surface area contributed by atoms with Gasteiger partial charge < -0.3 is 29.9 Å².